The van der Waals surface area contributed by atoms with Crippen molar-refractivity contribution in [2.45, 2.75) is 31.9 Å². The third-order valence-electron chi connectivity index (χ3n) is 9.45. The molecule has 11 heteroatoms. The van der Waals surface area contributed by atoms with Gasteiger partial charge in [-0.1, -0.05) is 18.2 Å². The Bertz CT molecular complexity index is 1950. The van der Waals surface area contributed by atoms with Crippen molar-refractivity contribution in [2.75, 3.05) is 62.0 Å². The van der Waals surface area contributed by atoms with Crippen molar-refractivity contribution in [3.05, 3.63) is 107 Å². The maximum absolute atomic E-state index is 14.2. The fourth-order valence-electron chi connectivity index (χ4n) is 6.74. The van der Waals surface area contributed by atoms with Crippen LogP contribution < -0.4 is 15.5 Å². The third kappa shape index (κ3) is 7.44. The molecule has 4 aromatic carbocycles. The minimum Gasteiger partial charge on any atom is -0.392 e. The van der Waals surface area contributed by atoms with Gasteiger partial charge in [0.2, 0.25) is 0 Å². The van der Waals surface area contributed by atoms with Crippen LogP contribution in [0.5, 0.6) is 0 Å². The SMILES string of the molecule is CN1CCN(c2ccc(C(=O)Nc3n[nH]c4cc(-c5cccc(CO)c5)c(Cc5cc(F)cc(F)c5)cc34)c(NC3CCOCC3)c2)CC1. The number of H-pyrrole nitrogens is 1. The van der Waals surface area contributed by atoms with Gasteiger partial charge in [-0.25, -0.2) is 8.78 Å². The number of amides is 1. The van der Waals surface area contributed by atoms with E-state index in [1.807, 2.05) is 48.5 Å². The van der Waals surface area contributed by atoms with E-state index in [2.05, 4.69) is 43.7 Å². The number of carbonyl (C=O) groups is 1. The van der Waals surface area contributed by atoms with Gasteiger partial charge < -0.3 is 30.3 Å². The highest BCUT2D eigenvalue weighted by atomic mass is 19.1. The van der Waals surface area contributed by atoms with Gasteiger partial charge in [-0.05, 0) is 103 Å². The first kappa shape index (κ1) is 32.7. The minimum atomic E-state index is -0.653. The van der Waals surface area contributed by atoms with Crippen molar-refractivity contribution < 1.29 is 23.4 Å². The van der Waals surface area contributed by atoms with Gasteiger partial charge in [-0.15, -0.1) is 0 Å². The maximum atomic E-state index is 14.2. The molecule has 0 radical (unpaired) electrons. The topological polar surface area (TPSA) is 106 Å². The van der Waals surface area contributed by atoms with Crippen molar-refractivity contribution in [3.8, 4) is 11.1 Å². The van der Waals surface area contributed by atoms with Crippen LogP contribution in [0.25, 0.3) is 22.0 Å². The lowest BCUT2D eigenvalue weighted by atomic mass is 9.92. The first-order valence-electron chi connectivity index (χ1n) is 16.7. The highest BCUT2D eigenvalue weighted by Crippen LogP contribution is 2.34. The predicted molar refractivity (Wildman–Crippen MR) is 188 cm³/mol. The summed E-state index contributed by atoms with van der Waals surface area (Å²) in [5, 5.41) is 24.6. The van der Waals surface area contributed by atoms with Gasteiger partial charge in [0.05, 0.1) is 17.7 Å². The Kier molecular flexibility index (Phi) is 9.56. The summed E-state index contributed by atoms with van der Waals surface area (Å²) in [5.74, 6) is -1.26. The molecule has 2 aliphatic heterocycles. The van der Waals surface area contributed by atoms with Gasteiger partial charge in [-0.2, -0.15) is 5.10 Å². The van der Waals surface area contributed by atoms with Crippen LogP contribution in [0.4, 0.5) is 26.0 Å². The van der Waals surface area contributed by atoms with E-state index in [1.54, 1.807) is 0 Å². The molecule has 1 amide bonds. The van der Waals surface area contributed by atoms with Crippen molar-refractivity contribution in [1.82, 2.24) is 15.1 Å². The molecule has 7 rings (SSSR count). The summed E-state index contributed by atoms with van der Waals surface area (Å²) in [7, 11) is 2.13. The molecule has 0 saturated carbocycles. The third-order valence-corrected chi connectivity index (χ3v) is 9.45. The van der Waals surface area contributed by atoms with Crippen LogP contribution in [0.2, 0.25) is 0 Å². The highest BCUT2D eigenvalue weighted by Gasteiger charge is 2.23. The zero-order valence-corrected chi connectivity index (χ0v) is 27.4. The lowest BCUT2D eigenvalue weighted by Gasteiger charge is -2.34. The van der Waals surface area contributed by atoms with Crippen molar-refractivity contribution in [1.29, 1.82) is 0 Å². The Morgan fingerprint density at radius 3 is 2.49 bits per heavy atom. The number of anilines is 3. The molecule has 3 heterocycles. The normalized spacial score (nSPS) is 15.9. The summed E-state index contributed by atoms with van der Waals surface area (Å²) in [6, 6.07) is 20.9. The lowest BCUT2D eigenvalue weighted by molar-refractivity contribution is 0.0904. The number of halogens is 2. The molecule has 254 valence electrons. The molecule has 2 aliphatic rings. The standard InChI is InChI=1S/C38H40F2N6O3/c1-45-9-11-46(12-10-45)31-5-6-32(35(21-31)41-30-7-13-49-14-8-30)38(48)42-37-34-19-27(16-25-17-28(39)20-29(40)18-25)33(22-36(34)43-44-37)26-4-2-3-24(15-26)23-47/h2-6,15,17-22,30,41,47H,7-14,16,23H2,1H3,(H2,42,43,44,48). The smallest absolute Gasteiger partial charge is 0.258 e. The molecular weight excluding hydrogens is 626 g/mol. The molecule has 0 unspecified atom stereocenters. The van der Waals surface area contributed by atoms with Gasteiger partial charge in [0, 0.05) is 68.3 Å². The van der Waals surface area contributed by atoms with E-state index in [9.17, 15) is 18.7 Å². The quantitative estimate of drug-likeness (QED) is 0.149. The molecule has 49 heavy (non-hydrogen) atoms. The van der Waals surface area contributed by atoms with E-state index < -0.39 is 11.6 Å². The number of nitrogens with one attached hydrogen (secondary N) is 3. The van der Waals surface area contributed by atoms with Crippen molar-refractivity contribution >= 4 is 34.0 Å². The number of benzene rings is 4. The monoisotopic (exact) mass is 666 g/mol. The Hall–Kier alpha value is -4.84. The lowest BCUT2D eigenvalue weighted by Crippen LogP contribution is -2.44. The molecule has 9 nitrogen and oxygen atoms in total. The first-order chi connectivity index (χ1) is 23.8. The summed E-state index contributed by atoms with van der Waals surface area (Å²) in [5.41, 5.74) is 6.66. The van der Waals surface area contributed by atoms with Crippen LogP contribution in [0.3, 0.4) is 0 Å². The number of aliphatic hydroxyl groups is 1. The predicted octanol–water partition coefficient (Wildman–Crippen LogP) is 6.19. The van der Waals surface area contributed by atoms with E-state index in [0.717, 1.165) is 78.7 Å². The zero-order valence-electron chi connectivity index (χ0n) is 27.4. The number of fused-ring (bicyclic) bond motifs is 1. The van der Waals surface area contributed by atoms with Crippen LogP contribution in [0, 0.1) is 11.6 Å². The Morgan fingerprint density at radius 2 is 1.73 bits per heavy atom. The summed E-state index contributed by atoms with van der Waals surface area (Å²) < 4.78 is 34.0. The molecule has 5 aromatic rings. The number of nitrogens with zero attached hydrogens (tertiary/aromatic N) is 3. The van der Waals surface area contributed by atoms with Crippen LogP contribution in [0.15, 0.2) is 72.8 Å². The number of aromatic amines is 1. The van der Waals surface area contributed by atoms with E-state index in [1.165, 1.54) is 12.1 Å². The number of ether oxygens (including phenoxy) is 1. The molecule has 0 spiro atoms. The van der Waals surface area contributed by atoms with Crippen molar-refractivity contribution in [2.24, 2.45) is 0 Å². The number of aromatic nitrogens is 2. The van der Waals surface area contributed by atoms with Crippen LogP contribution in [-0.4, -0.2) is 78.6 Å². The fourth-order valence-corrected chi connectivity index (χ4v) is 6.74. The Morgan fingerprint density at radius 1 is 0.959 bits per heavy atom. The number of hydrogen-bond acceptors (Lipinski definition) is 7. The Balaban J connectivity index is 1.23. The highest BCUT2D eigenvalue weighted by molar-refractivity contribution is 6.11. The molecule has 0 bridgehead atoms. The van der Waals surface area contributed by atoms with E-state index >= 15 is 0 Å². The number of aliphatic hydroxyl groups excluding tert-OH is 1. The van der Waals surface area contributed by atoms with Crippen LogP contribution in [-0.2, 0) is 17.8 Å². The number of hydrogen-bond donors (Lipinski definition) is 4. The van der Waals surface area contributed by atoms with E-state index in [-0.39, 0.29) is 25.0 Å². The number of likely N-dealkylation sites (N-methyl/N-ethyl adjacent to an activating group) is 1. The summed E-state index contributed by atoms with van der Waals surface area (Å²) in [6.07, 6.45) is 1.94. The molecule has 4 N–H and O–H groups in total. The summed E-state index contributed by atoms with van der Waals surface area (Å²) in [6.45, 7) is 5.00. The van der Waals surface area contributed by atoms with Gasteiger partial charge >= 0.3 is 0 Å². The van der Waals surface area contributed by atoms with E-state index in [0.29, 0.717) is 41.1 Å². The largest absolute Gasteiger partial charge is 0.392 e. The molecule has 0 atom stereocenters. The first-order valence-corrected chi connectivity index (χ1v) is 16.7. The average Bonchev–Trinajstić information content (AvgIpc) is 3.49. The number of rotatable bonds is 9. The van der Waals surface area contributed by atoms with Gasteiger partial charge in [0.15, 0.2) is 5.82 Å². The molecule has 1 aromatic heterocycles. The molecular formula is C38H40F2N6O3. The van der Waals surface area contributed by atoms with Crippen molar-refractivity contribution in [3.63, 3.8) is 0 Å². The van der Waals surface area contributed by atoms with Gasteiger partial charge in [-0.3, -0.25) is 9.89 Å². The minimum absolute atomic E-state index is 0.123. The second-order valence-electron chi connectivity index (χ2n) is 12.9. The maximum Gasteiger partial charge on any atom is 0.258 e. The Labute approximate surface area is 283 Å². The second kappa shape index (κ2) is 14.3. The number of piperazine rings is 1. The van der Waals surface area contributed by atoms with Crippen LogP contribution >= 0.6 is 0 Å². The second-order valence-corrected chi connectivity index (χ2v) is 12.9. The number of carbonyl (C=O) groups excluding carboxylic acids is 1. The van der Waals surface area contributed by atoms with Crippen LogP contribution in [0.1, 0.15) is 39.9 Å². The molecule has 2 fully saturated rings. The molecule has 0 aliphatic carbocycles. The molecule has 2 saturated heterocycles. The zero-order chi connectivity index (χ0) is 33.9. The van der Waals surface area contributed by atoms with Gasteiger partial charge in [0.25, 0.3) is 5.91 Å². The average molecular weight is 667 g/mol. The summed E-state index contributed by atoms with van der Waals surface area (Å²) in [4.78, 5) is 18.7. The van der Waals surface area contributed by atoms with E-state index in [4.69, 9.17) is 4.74 Å². The fraction of sp³-hybridized carbons (Fsp3) is 0.316. The summed E-state index contributed by atoms with van der Waals surface area (Å²) >= 11 is 0. The van der Waals surface area contributed by atoms with Gasteiger partial charge in [0.1, 0.15) is 11.6 Å².